The van der Waals surface area contributed by atoms with Crippen molar-refractivity contribution in [2.24, 2.45) is 5.11 Å². The molecule has 0 heterocycles. The van der Waals surface area contributed by atoms with Crippen molar-refractivity contribution in [2.45, 2.75) is 11.4 Å². The number of hydrogen-bond donors (Lipinski definition) is 0. The Morgan fingerprint density at radius 2 is 1.68 bits per heavy atom. The molecule has 1 aliphatic carbocycles. The first-order chi connectivity index (χ1) is 10.8. The van der Waals surface area contributed by atoms with Crippen molar-refractivity contribution in [1.29, 1.82) is 0 Å². The van der Waals surface area contributed by atoms with Gasteiger partial charge >= 0.3 is 0 Å². The average molecular weight is 306 g/mol. The number of halogens is 1. The molecule has 4 heteroatoms. The maximum absolute atomic E-state index is 8.92. The molecular weight excluding hydrogens is 294 g/mol. The third kappa shape index (κ3) is 1.80. The Morgan fingerprint density at radius 3 is 2.55 bits per heavy atom. The molecule has 0 N–H and O–H groups in total. The second-order valence-electron chi connectivity index (χ2n) is 5.39. The first kappa shape index (κ1) is 13.2. The summed E-state index contributed by atoms with van der Waals surface area (Å²) < 4.78 is 0. The molecule has 0 saturated carbocycles. The fourth-order valence-electron chi connectivity index (χ4n) is 3.32. The third-order valence-electron chi connectivity index (χ3n) is 4.27. The van der Waals surface area contributed by atoms with E-state index in [-0.39, 0.29) is 11.4 Å². The van der Waals surface area contributed by atoms with Gasteiger partial charge in [0.15, 0.2) is 0 Å². The highest BCUT2D eigenvalue weighted by Gasteiger charge is 2.32. The molecule has 106 valence electrons. The quantitative estimate of drug-likeness (QED) is 0.224. The molecule has 3 aromatic rings. The lowest BCUT2D eigenvalue weighted by molar-refractivity contribution is 0.687. The van der Waals surface area contributed by atoms with Crippen LogP contribution in [0, 0.1) is 0 Å². The van der Waals surface area contributed by atoms with E-state index in [1.54, 1.807) is 0 Å². The Bertz CT molecular complexity index is 929. The van der Waals surface area contributed by atoms with E-state index in [4.69, 9.17) is 17.1 Å². The molecule has 1 aliphatic rings. The van der Waals surface area contributed by atoms with Crippen LogP contribution >= 0.6 is 11.6 Å². The number of azide groups is 1. The Balaban J connectivity index is 2.12. The summed E-state index contributed by atoms with van der Waals surface area (Å²) in [5, 5.41) is 5.85. The number of fused-ring (bicyclic) bond motifs is 5. The van der Waals surface area contributed by atoms with Crippen LogP contribution in [0.15, 0.2) is 65.8 Å². The van der Waals surface area contributed by atoms with Crippen LogP contribution in [0.3, 0.4) is 0 Å². The molecule has 0 radical (unpaired) electrons. The zero-order chi connectivity index (χ0) is 15.1. The van der Waals surface area contributed by atoms with Crippen molar-refractivity contribution in [3.8, 4) is 11.1 Å². The summed E-state index contributed by atoms with van der Waals surface area (Å²) in [6, 6.07) is 20.0. The zero-order valence-corrected chi connectivity index (χ0v) is 12.4. The molecule has 4 rings (SSSR count). The van der Waals surface area contributed by atoms with E-state index in [2.05, 4.69) is 40.4 Å². The van der Waals surface area contributed by atoms with Crippen molar-refractivity contribution >= 4 is 22.4 Å². The molecule has 0 saturated heterocycles. The molecule has 0 aromatic heterocycles. The second kappa shape index (κ2) is 5.06. The maximum Gasteiger partial charge on any atom is 0.0836 e. The molecule has 3 aromatic carbocycles. The highest BCUT2D eigenvalue weighted by atomic mass is 35.5. The van der Waals surface area contributed by atoms with Crippen LogP contribution in [0.2, 0.25) is 0 Å². The van der Waals surface area contributed by atoms with Crippen LogP contribution in [0.25, 0.3) is 32.3 Å². The molecule has 0 amide bonds. The highest BCUT2D eigenvalue weighted by molar-refractivity contribution is 6.23. The fraction of sp³-hybridized carbons (Fsp3) is 0.111. The van der Waals surface area contributed by atoms with Crippen LogP contribution in [-0.4, -0.2) is 0 Å². The minimum Gasteiger partial charge on any atom is -0.117 e. The van der Waals surface area contributed by atoms with Crippen molar-refractivity contribution in [3.05, 3.63) is 82.2 Å². The molecule has 0 fully saturated rings. The van der Waals surface area contributed by atoms with E-state index in [1.807, 2.05) is 30.3 Å². The molecule has 3 nitrogen and oxygen atoms in total. The lowest BCUT2D eigenvalue weighted by Gasteiger charge is -2.30. The third-order valence-corrected chi connectivity index (χ3v) is 4.73. The summed E-state index contributed by atoms with van der Waals surface area (Å²) >= 11 is 6.73. The summed E-state index contributed by atoms with van der Waals surface area (Å²) in [5.74, 6) is 0. The van der Waals surface area contributed by atoms with Gasteiger partial charge in [-0.25, -0.2) is 0 Å². The van der Waals surface area contributed by atoms with E-state index >= 15 is 0 Å². The van der Waals surface area contributed by atoms with Gasteiger partial charge in [0, 0.05) is 4.91 Å². The van der Waals surface area contributed by atoms with Crippen LogP contribution in [-0.2, 0) is 0 Å². The molecule has 0 aliphatic heterocycles. The Hall–Kier alpha value is -2.48. The van der Waals surface area contributed by atoms with Crippen molar-refractivity contribution in [2.75, 3.05) is 0 Å². The molecule has 2 atom stereocenters. The summed E-state index contributed by atoms with van der Waals surface area (Å²) in [4.78, 5) is 3.00. The van der Waals surface area contributed by atoms with Gasteiger partial charge in [0.05, 0.1) is 11.4 Å². The Labute approximate surface area is 132 Å². The van der Waals surface area contributed by atoms with Gasteiger partial charge in [-0.05, 0) is 38.6 Å². The maximum atomic E-state index is 8.92. The largest absolute Gasteiger partial charge is 0.117 e. The van der Waals surface area contributed by atoms with Gasteiger partial charge in [-0.1, -0.05) is 65.8 Å². The van der Waals surface area contributed by atoms with Crippen molar-refractivity contribution < 1.29 is 0 Å². The lowest BCUT2D eigenvalue weighted by atomic mass is 9.80. The van der Waals surface area contributed by atoms with Gasteiger partial charge < -0.3 is 0 Å². The number of nitrogens with zero attached hydrogens (tertiary/aromatic N) is 3. The van der Waals surface area contributed by atoms with E-state index in [1.165, 1.54) is 0 Å². The van der Waals surface area contributed by atoms with Gasteiger partial charge in [0.2, 0.25) is 0 Å². The highest BCUT2D eigenvalue weighted by Crippen LogP contribution is 2.51. The Morgan fingerprint density at radius 1 is 0.909 bits per heavy atom. The first-order valence-electron chi connectivity index (χ1n) is 7.10. The first-order valence-corrected chi connectivity index (χ1v) is 7.54. The van der Waals surface area contributed by atoms with Crippen LogP contribution in [0.1, 0.15) is 22.5 Å². The smallest absolute Gasteiger partial charge is 0.0836 e. The van der Waals surface area contributed by atoms with Crippen LogP contribution in [0.4, 0.5) is 0 Å². The number of hydrogen-bond acceptors (Lipinski definition) is 1. The molecule has 22 heavy (non-hydrogen) atoms. The van der Waals surface area contributed by atoms with Crippen molar-refractivity contribution in [1.82, 2.24) is 0 Å². The summed E-state index contributed by atoms with van der Waals surface area (Å²) in [7, 11) is 0. The molecule has 0 unspecified atom stereocenters. The van der Waals surface area contributed by atoms with Crippen molar-refractivity contribution in [3.63, 3.8) is 0 Å². The SMILES string of the molecule is [N-]=[N+]=N[C@@H]1c2ccccc2-c2ccc3ccccc3c2[C@H]1Cl. The fourth-order valence-corrected chi connectivity index (χ4v) is 3.74. The summed E-state index contributed by atoms with van der Waals surface area (Å²) in [6.45, 7) is 0. The minimum atomic E-state index is -0.388. The molecular formula is C18H12ClN3. The number of rotatable bonds is 1. The van der Waals surface area contributed by atoms with Crippen LogP contribution < -0.4 is 0 Å². The topological polar surface area (TPSA) is 48.8 Å². The predicted octanol–water partition coefficient (Wildman–Crippen LogP) is 6.15. The molecule has 0 bridgehead atoms. The lowest BCUT2D eigenvalue weighted by Crippen LogP contribution is -2.12. The monoisotopic (exact) mass is 305 g/mol. The van der Waals surface area contributed by atoms with Gasteiger partial charge in [0.1, 0.15) is 0 Å². The summed E-state index contributed by atoms with van der Waals surface area (Å²) in [6.07, 6.45) is 0. The number of alkyl halides is 1. The van der Waals surface area contributed by atoms with Crippen LogP contribution in [0.5, 0.6) is 0 Å². The van der Waals surface area contributed by atoms with E-state index < -0.39 is 0 Å². The summed E-state index contributed by atoms with van der Waals surface area (Å²) in [5.41, 5.74) is 13.2. The molecule has 0 spiro atoms. The van der Waals surface area contributed by atoms with E-state index in [0.29, 0.717) is 0 Å². The van der Waals surface area contributed by atoms with Gasteiger partial charge in [0.25, 0.3) is 0 Å². The predicted molar refractivity (Wildman–Crippen MR) is 89.9 cm³/mol. The van der Waals surface area contributed by atoms with Gasteiger partial charge in [-0.3, -0.25) is 0 Å². The average Bonchev–Trinajstić information content (AvgIpc) is 2.58. The second-order valence-corrected chi connectivity index (χ2v) is 5.86. The Kier molecular flexibility index (Phi) is 3.04. The standard InChI is InChI=1S/C18H12ClN3/c19-17-16-12-6-2-1-5-11(12)9-10-14(16)13-7-3-4-8-15(13)18(17)21-22-20/h1-10,17-18H/t17-,18-/m1/s1. The van der Waals surface area contributed by atoms with Gasteiger partial charge in [-0.15, -0.1) is 11.6 Å². The zero-order valence-electron chi connectivity index (χ0n) is 11.6. The minimum absolute atomic E-state index is 0.369. The van der Waals surface area contributed by atoms with E-state index in [0.717, 1.165) is 33.0 Å². The van der Waals surface area contributed by atoms with E-state index in [9.17, 15) is 0 Å². The normalized spacial score (nSPS) is 19.1. The number of benzene rings is 3. The van der Waals surface area contributed by atoms with Gasteiger partial charge in [-0.2, -0.15) is 0 Å².